The molecule has 4 nitrogen and oxygen atoms in total. The van der Waals surface area contributed by atoms with E-state index in [2.05, 4.69) is 5.10 Å². The number of hydrogen-bond acceptors (Lipinski definition) is 3. The fourth-order valence-corrected chi connectivity index (χ4v) is 3.03. The van der Waals surface area contributed by atoms with E-state index in [0.29, 0.717) is 5.69 Å². The minimum absolute atomic E-state index is 0.228. The SMILES string of the molecule is Cc1ccccc1COC(=O)c1cc(-c2ccccc2)nn1-c1ccccc1. The molecule has 0 bridgehead atoms. The normalized spacial score (nSPS) is 10.6. The number of aryl methyl sites for hydroxylation is 1. The van der Waals surface area contributed by atoms with Crippen LogP contribution in [0.3, 0.4) is 0 Å². The first-order valence-corrected chi connectivity index (χ1v) is 9.15. The van der Waals surface area contributed by atoms with E-state index >= 15 is 0 Å². The second-order valence-corrected chi connectivity index (χ2v) is 6.53. The minimum atomic E-state index is -0.401. The van der Waals surface area contributed by atoms with Crippen LogP contribution in [-0.2, 0) is 11.3 Å². The molecule has 0 amide bonds. The van der Waals surface area contributed by atoms with Gasteiger partial charge < -0.3 is 4.74 Å². The zero-order valence-corrected chi connectivity index (χ0v) is 15.6. The van der Waals surface area contributed by atoms with Gasteiger partial charge in [-0.3, -0.25) is 0 Å². The van der Waals surface area contributed by atoms with Crippen LogP contribution in [-0.4, -0.2) is 15.7 Å². The van der Waals surface area contributed by atoms with Gasteiger partial charge in [0.15, 0.2) is 5.69 Å². The van der Waals surface area contributed by atoms with Gasteiger partial charge >= 0.3 is 5.97 Å². The number of hydrogen-bond donors (Lipinski definition) is 0. The van der Waals surface area contributed by atoms with E-state index < -0.39 is 5.97 Å². The lowest BCUT2D eigenvalue weighted by atomic mass is 10.1. The van der Waals surface area contributed by atoms with Crippen molar-refractivity contribution in [1.29, 1.82) is 0 Å². The van der Waals surface area contributed by atoms with Crippen LogP contribution in [0.25, 0.3) is 16.9 Å². The predicted molar refractivity (Wildman–Crippen MR) is 109 cm³/mol. The average molecular weight is 368 g/mol. The summed E-state index contributed by atoms with van der Waals surface area (Å²) >= 11 is 0. The van der Waals surface area contributed by atoms with Crippen LogP contribution in [0, 0.1) is 6.92 Å². The van der Waals surface area contributed by atoms with Gasteiger partial charge in [-0.25, -0.2) is 9.48 Å². The van der Waals surface area contributed by atoms with Gasteiger partial charge in [0.2, 0.25) is 0 Å². The Hall–Kier alpha value is -3.66. The summed E-state index contributed by atoms with van der Waals surface area (Å²) in [5.41, 5.74) is 4.98. The summed E-state index contributed by atoms with van der Waals surface area (Å²) in [6, 6.07) is 29.1. The summed E-state index contributed by atoms with van der Waals surface area (Å²) < 4.78 is 7.25. The Labute approximate surface area is 164 Å². The van der Waals surface area contributed by atoms with Crippen molar-refractivity contribution in [3.05, 3.63) is 108 Å². The number of nitrogens with zero attached hydrogens (tertiary/aromatic N) is 2. The smallest absolute Gasteiger partial charge is 0.357 e. The van der Waals surface area contributed by atoms with E-state index in [1.807, 2.05) is 91.9 Å². The Morgan fingerprint density at radius 3 is 2.25 bits per heavy atom. The molecule has 0 fully saturated rings. The van der Waals surface area contributed by atoms with Gasteiger partial charge in [-0.1, -0.05) is 72.8 Å². The van der Waals surface area contributed by atoms with Gasteiger partial charge in [0.25, 0.3) is 0 Å². The minimum Gasteiger partial charge on any atom is -0.456 e. The van der Waals surface area contributed by atoms with Crippen LogP contribution in [0.15, 0.2) is 91.0 Å². The van der Waals surface area contributed by atoms with Crippen LogP contribution in [0.1, 0.15) is 21.6 Å². The van der Waals surface area contributed by atoms with E-state index in [1.165, 1.54) is 0 Å². The third-order valence-electron chi connectivity index (χ3n) is 4.61. The van der Waals surface area contributed by atoms with Crippen molar-refractivity contribution in [2.24, 2.45) is 0 Å². The van der Waals surface area contributed by atoms with Crippen molar-refractivity contribution in [3.63, 3.8) is 0 Å². The monoisotopic (exact) mass is 368 g/mol. The van der Waals surface area contributed by atoms with E-state index in [4.69, 9.17) is 4.74 Å². The average Bonchev–Trinajstić information content (AvgIpc) is 3.20. The van der Waals surface area contributed by atoms with Gasteiger partial charge in [0.1, 0.15) is 6.61 Å². The topological polar surface area (TPSA) is 44.1 Å². The van der Waals surface area contributed by atoms with Gasteiger partial charge in [-0.15, -0.1) is 0 Å². The maximum absolute atomic E-state index is 12.9. The van der Waals surface area contributed by atoms with E-state index in [-0.39, 0.29) is 6.61 Å². The number of esters is 1. The third-order valence-corrected chi connectivity index (χ3v) is 4.61. The first-order valence-electron chi connectivity index (χ1n) is 9.15. The quantitative estimate of drug-likeness (QED) is 0.455. The fraction of sp³-hybridized carbons (Fsp3) is 0.0833. The Kier molecular flexibility index (Phi) is 5.02. The molecule has 0 aliphatic carbocycles. The zero-order chi connectivity index (χ0) is 19.3. The molecule has 4 heteroatoms. The number of carbonyl (C=O) groups is 1. The number of benzene rings is 3. The van der Waals surface area contributed by atoms with Gasteiger partial charge in [0.05, 0.1) is 11.4 Å². The van der Waals surface area contributed by atoms with Crippen molar-refractivity contribution in [1.82, 2.24) is 9.78 Å². The number of carbonyl (C=O) groups excluding carboxylic acids is 1. The number of ether oxygens (including phenoxy) is 1. The Balaban J connectivity index is 1.67. The molecule has 0 saturated heterocycles. The highest BCUT2D eigenvalue weighted by atomic mass is 16.5. The van der Waals surface area contributed by atoms with Crippen LogP contribution in [0.4, 0.5) is 0 Å². The summed E-state index contributed by atoms with van der Waals surface area (Å²) in [4.78, 5) is 12.9. The molecule has 0 atom stereocenters. The van der Waals surface area contributed by atoms with Crippen LogP contribution >= 0.6 is 0 Å². The number of para-hydroxylation sites is 1. The summed E-state index contributed by atoms with van der Waals surface area (Å²) in [7, 11) is 0. The van der Waals surface area contributed by atoms with Gasteiger partial charge in [-0.2, -0.15) is 5.10 Å². The molecule has 1 heterocycles. The fourth-order valence-electron chi connectivity index (χ4n) is 3.03. The molecule has 1 aromatic heterocycles. The molecule has 0 N–H and O–H groups in total. The summed E-state index contributed by atoms with van der Waals surface area (Å²) in [6.45, 7) is 2.23. The Morgan fingerprint density at radius 1 is 0.893 bits per heavy atom. The number of rotatable bonds is 5. The standard InChI is InChI=1S/C24H20N2O2/c1-18-10-8-9-13-20(18)17-28-24(27)23-16-22(19-11-4-2-5-12-19)25-26(23)21-14-6-3-7-15-21/h2-16H,17H2,1H3. The second kappa shape index (κ2) is 7.92. The predicted octanol–water partition coefficient (Wildman–Crippen LogP) is 5.20. The van der Waals surface area contributed by atoms with E-state index in [9.17, 15) is 4.79 Å². The van der Waals surface area contributed by atoms with Crippen molar-refractivity contribution >= 4 is 5.97 Å². The molecule has 3 aromatic carbocycles. The molecule has 0 saturated carbocycles. The molecule has 0 aliphatic rings. The number of aromatic nitrogens is 2. The zero-order valence-electron chi connectivity index (χ0n) is 15.6. The Morgan fingerprint density at radius 2 is 1.54 bits per heavy atom. The third kappa shape index (κ3) is 3.71. The molecular formula is C24H20N2O2. The van der Waals surface area contributed by atoms with Crippen LogP contribution in [0.2, 0.25) is 0 Å². The van der Waals surface area contributed by atoms with Crippen molar-refractivity contribution < 1.29 is 9.53 Å². The van der Waals surface area contributed by atoms with E-state index in [0.717, 1.165) is 28.1 Å². The van der Waals surface area contributed by atoms with E-state index in [1.54, 1.807) is 10.7 Å². The molecule has 0 spiro atoms. The molecule has 0 radical (unpaired) electrons. The van der Waals surface area contributed by atoms with Crippen LogP contribution in [0.5, 0.6) is 0 Å². The first-order chi connectivity index (χ1) is 13.7. The molecule has 0 unspecified atom stereocenters. The largest absolute Gasteiger partial charge is 0.456 e. The lowest BCUT2D eigenvalue weighted by Gasteiger charge is -2.09. The molecule has 4 rings (SSSR count). The molecule has 0 aliphatic heterocycles. The second-order valence-electron chi connectivity index (χ2n) is 6.53. The molecule has 28 heavy (non-hydrogen) atoms. The van der Waals surface area contributed by atoms with Gasteiger partial charge in [-0.05, 0) is 36.2 Å². The van der Waals surface area contributed by atoms with Crippen molar-refractivity contribution in [2.75, 3.05) is 0 Å². The highest BCUT2D eigenvalue weighted by Gasteiger charge is 2.19. The van der Waals surface area contributed by atoms with Crippen LogP contribution < -0.4 is 0 Å². The maximum Gasteiger partial charge on any atom is 0.357 e. The molecular weight excluding hydrogens is 348 g/mol. The van der Waals surface area contributed by atoms with Gasteiger partial charge in [0, 0.05) is 5.56 Å². The first kappa shape index (κ1) is 17.7. The lowest BCUT2D eigenvalue weighted by molar-refractivity contribution is 0.0461. The summed E-state index contributed by atoms with van der Waals surface area (Å²) in [5.74, 6) is -0.401. The van der Waals surface area contributed by atoms with Crippen molar-refractivity contribution in [3.8, 4) is 16.9 Å². The highest BCUT2D eigenvalue weighted by molar-refractivity contribution is 5.89. The molecule has 4 aromatic rings. The molecule has 138 valence electrons. The maximum atomic E-state index is 12.9. The Bertz CT molecular complexity index is 1090. The summed E-state index contributed by atoms with van der Waals surface area (Å²) in [6.07, 6.45) is 0. The highest BCUT2D eigenvalue weighted by Crippen LogP contribution is 2.22. The lowest BCUT2D eigenvalue weighted by Crippen LogP contribution is -2.12. The summed E-state index contributed by atoms with van der Waals surface area (Å²) in [5, 5.41) is 4.66. The van der Waals surface area contributed by atoms with Crippen molar-refractivity contribution in [2.45, 2.75) is 13.5 Å².